The Balaban J connectivity index is 1.80. The molecule has 1 heterocycles. The molecule has 2 aromatic carbocycles. The van der Waals surface area contributed by atoms with Gasteiger partial charge >= 0.3 is 6.61 Å². The van der Waals surface area contributed by atoms with E-state index in [1.807, 2.05) is 31.2 Å². The molecule has 0 N–H and O–H groups in total. The number of alkyl halides is 2. The van der Waals surface area contributed by atoms with Crippen LogP contribution in [0.5, 0.6) is 5.75 Å². The van der Waals surface area contributed by atoms with Crippen molar-refractivity contribution in [1.29, 1.82) is 0 Å². The molecule has 23 heavy (non-hydrogen) atoms. The zero-order valence-corrected chi connectivity index (χ0v) is 12.4. The molecule has 0 bridgehead atoms. The summed E-state index contributed by atoms with van der Waals surface area (Å²) in [5.41, 5.74) is 3.83. The van der Waals surface area contributed by atoms with Crippen LogP contribution in [0.3, 0.4) is 0 Å². The fourth-order valence-electron chi connectivity index (χ4n) is 2.18. The molecule has 0 saturated carbocycles. The standard InChI is InChI=1S/C18H14F2N2O/c1-12-10-21-17(22-11-12)15-4-2-13(3-5-15)14-6-8-16(9-7-14)23-18(19)20/h2-11,18H,1H3. The molecular formula is C18H14F2N2O. The van der Waals surface area contributed by atoms with Crippen LogP contribution in [0.2, 0.25) is 0 Å². The van der Waals surface area contributed by atoms with E-state index in [1.165, 1.54) is 12.1 Å². The van der Waals surface area contributed by atoms with Crippen LogP contribution < -0.4 is 4.74 Å². The number of ether oxygens (including phenoxy) is 1. The smallest absolute Gasteiger partial charge is 0.387 e. The lowest BCUT2D eigenvalue weighted by Gasteiger charge is -2.07. The molecule has 0 radical (unpaired) electrons. The summed E-state index contributed by atoms with van der Waals surface area (Å²) < 4.78 is 28.6. The van der Waals surface area contributed by atoms with Gasteiger partial charge in [0.1, 0.15) is 5.75 Å². The molecule has 0 atom stereocenters. The lowest BCUT2D eigenvalue weighted by molar-refractivity contribution is -0.0498. The van der Waals surface area contributed by atoms with Gasteiger partial charge in [0.05, 0.1) is 0 Å². The fourth-order valence-corrected chi connectivity index (χ4v) is 2.18. The van der Waals surface area contributed by atoms with Crippen LogP contribution in [0.15, 0.2) is 60.9 Å². The van der Waals surface area contributed by atoms with Crippen LogP contribution in [-0.4, -0.2) is 16.6 Å². The van der Waals surface area contributed by atoms with Crippen LogP contribution in [0.1, 0.15) is 5.56 Å². The summed E-state index contributed by atoms with van der Waals surface area (Å²) in [5, 5.41) is 0. The molecule has 0 unspecified atom stereocenters. The largest absolute Gasteiger partial charge is 0.435 e. The minimum atomic E-state index is -2.81. The van der Waals surface area contributed by atoms with Crippen molar-refractivity contribution in [3.8, 4) is 28.3 Å². The fraction of sp³-hybridized carbons (Fsp3) is 0.111. The molecule has 3 aromatic rings. The first-order valence-corrected chi connectivity index (χ1v) is 7.06. The third-order valence-corrected chi connectivity index (χ3v) is 3.34. The van der Waals surface area contributed by atoms with E-state index >= 15 is 0 Å². The van der Waals surface area contributed by atoms with Gasteiger partial charge in [-0.15, -0.1) is 0 Å². The van der Waals surface area contributed by atoms with Gasteiger partial charge in [-0.1, -0.05) is 36.4 Å². The Labute approximate surface area is 132 Å². The molecule has 1 aromatic heterocycles. The number of benzene rings is 2. The van der Waals surface area contributed by atoms with Crippen molar-refractivity contribution < 1.29 is 13.5 Å². The highest BCUT2D eigenvalue weighted by molar-refractivity contribution is 5.68. The zero-order chi connectivity index (χ0) is 16.2. The topological polar surface area (TPSA) is 35.0 Å². The molecule has 0 aliphatic rings. The highest BCUT2D eigenvalue weighted by Crippen LogP contribution is 2.25. The second-order valence-electron chi connectivity index (χ2n) is 5.06. The summed E-state index contributed by atoms with van der Waals surface area (Å²) in [7, 11) is 0. The summed E-state index contributed by atoms with van der Waals surface area (Å²) in [6.45, 7) is -0.872. The average Bonchev–Trinajstić information content (AvgIpc) is 2.56. The van der Waals surface area contributed by atoms with E-state index in [0.29, 0.717) is 5.82 Å². The lowest BCUT2D eigenvalue weighted by atomic mass is 10.0. The van der Waals surface area contributed by atoms with E-state index in [1.54, 1.807) is 24.5 Å². The van der Waals surface area contributed by atoms with Gasteiger partial charge in [0.15, 0.2) is 5.82 Å². The predicted molar refractivity (Wildman–Crippen MR) is 84.3 cm³/mol. The van der Waals surface area contributed by atoms with Crippen molar-refractivity contribution >= 4 is 0 Å². The third-order valence-electron chi connectivity index (χ3n) is 3.34. The average molecular weight is 312 g/mol. The molecule has 3 nitrogen and oxygen atoms in total. The highest BCUT2D eigenvalue weighted by atomic mass is 19.3. The van der Waals surface area contributed by atoms with E-state index < -0.39 is 6.61 Å². The maximum atomic E-state index is 12.1. The normalized spacial score (nSPS) is 10.8. The Morgan fingerprint density at radius 2 is 1.26 bits per heavy atom. The van der Waals surface area contributed by atoms with Crippen molar-refractivity contribution in [2.45, 2.75) is 13.5 Å². The van der Waals surface area contributed by atoms with Crippen molar-refractivity contribution in [2.75, 3.05) is 0 Å². The molecule has 0 aliphatic heterocycles. The predicted octanol–water partition coefficient (Wildman–Crippen LogP) is 4.72. The van der Waals surface area contributed by atoms with Crippen molar-refractivity contribution in [3.63, 3.8) is 0 Å². The maximum absolute atomic E-state index is 12.1. The number of halogens is 2. The van der Waals surface area contributed by atoms with Gasteiger partial charge in [0.25, 0.3) is 0 Å². The summed E-state index contributed by atoms with van der Waals surface area (Å²) >= 11 is 0. The molecule has 0 amide bonds. The second kappa shape index (κ2) is 6.52. The minimum absolute atomic E-state index is 0.147. The Kier molecular flexibility index (Phi) is 4.28. The highest BCUT2D eigenvalue weighted by Gasteiger charge is 2.05. The van der Waals surface area contributed by atoms with Gasteiger partial charge < -0.3 is 4.74 Å². The third kappa shape index (κ3) is 3.69. The van der Waals surface area contributed by atoms with E-state index in [-0.39, 0.29) is 5.75 Å². The van der Waals surface area contributed by atoms with Gasteiger partial charge in [-0.25, -0.2) is 9.97 Å². The van der Waals surface area contributed by atoms with E-state index in [0.717, 1.165) is 22.3 Å². The Bertz CT molecular complexity index is 770. The Morgan fingerprint density at radius 3 is 1.78 bits per heavy atom. The van der Waals surface area contributed by atoms with Crippen LogP contribution in [0.25, 0.3) is 22.5 Å². The van der Waals surface area contributed by atoms with E-state index in [9.17, 15) is 8.78 Å². The van der Waals surface area contributed by atoms with Gasteiger partial charge in [-0.2, -0.15) is 8.78 Å². The minimum Gasteiger partial charge on any atom is -0.435 e. The summed E-state index contributed by atoms with van der Waals surface area (Å²) in [4.78, 5) is 8.58. The van der Waals surface area contributed by atoms with E-state index in [4.69, 9.17) is 0 Å². The number of aryl methyl sites for hydroxylation is 1. The lowest BCUT2D eigenvalue weighted by Crippen LogP contribution is -2.01. The maximum Gasteiger partial charge on any atom is 0.387 e. The molecule has 116 valence electrons. The number of nitrogens with zero attached hydrogens (tertiary/aromatic N) is 2. The van der Waals surface area contributed by atoms with Crippen molar-refractivity contribution in [3.05, 3.63) is 66.5 Å². The second-order valence-corrected chi connectivity index (χ2v) is 5.06. The molecule has 0 spiro atoms. The number of aromatic nitrogens is 2. The summed E-state index contributed by atoms with van der Waals surface area (Å²) in [6.07, 6.45) is 3.55. The van der Waals surface area contributed by atoms with Crippen LogP contribution in [-0.2, 0) is 0 Å². The molecule has 0 aliphatic carbocycles. The van der Waals surface area contributed by atoms with Crippen LogP contribution in [0, 0.1) is 6.92 Å². The zero-order valence-electron chi connectivity index (χ0n) is 12.4. The Morgan fingerprint density at radius 1 is 0.783 bits per heavy atom. The van der Waals surface area contributed by atoms with Gasteiger partial charge in [-0.05, 0) is 35.7 Å². The van der Waals surface area contributed by atoms with Gasteiger partial charge in [-0.3, -0.25) is 0 Å². The molecule has 5 heteroatoms. The number of rotatable bonds is 4. The number of hydrogen-bond donors (Lipinski definition) is 0. The first-order valence-electron chi connectivity index (χ1n) is 7.06. The van der Waals surface area contributed by atoms with Gasteiger partial charge in [0, 0.05) is 18.0 Å². The molecule has 3 rings (SSSR count). The quantitative estimate of drug-likeness (QED) is 0.699. The molecule has 0 fully saturated rings. The van der Waals surface area contributed by atoms with Gasteiger partial charge in [0.2, 0.25) is 0 Å². The first-order chi connectivity index (χ1) is 11.1. The summed E-state index contributed by atoms with van der Waals surface area (Å²) in [5.74, 6) is 0.816. The molecule has 0 saturated heterocycles. The SMILES string of the molecule is Cc1cnc(-c2ccc(-c3ccc(OC(F)F)cc3)cc2)nc1. The monoisotopic (exact) mass is 312 g/mol. The van der Waals surface area contributed by atoms with Crippen molar-refractivity contribution in [1.82, 2.24) is 9.97 Å². The molecular weight excluding hydrogens is 298 g/mol. The number of hydrogen-bond acceptors (Lipinski definition) is 3. The Hall–Kier alpha value is -2.82. The summed E-state index contributed by atoms with van der Waals surface area (Å²) in [6, 6.07) is 14.3. The van der Waals surface area contributed by atoms with E-state index in [2.05, 4.69) is 14.7 Å². The van der Waals surface area contributed by atoms with Crippen LogP contribution in [0.4, 0.5) is 8.78 Å². The first kappa shape index (κ1) is 15.1. The van der Waals surface area contributed by atoms with Crippen molar-refractivity contribution in [2.24, 2.45) is 0 Å². The van der Waals surface area contributed by atoms with Crippen LogP contribution >= 0.6 is 0 Å².